The first-order chi connectivity index (χ1) is 8.12. The Morgan fingerprint density at radius 2 is 1.83 bits per heavy atom. The minimum atomic E-state index is -5.22. The number of halogens is 5. The lowest BCUT2D eigenvalue weighted by Gasteiger charge is -2.10. The summed E-state index contributed by atoms with van der Waals surface area (Å²) in [4.78, 5) is 21.2. The van der Waals surface area contributed by atoms with E-state index in [9.17, 15) is 27.2 Å². The van der Waals surface area contributed by atoms with Crippen molar-refractivity contribution in [1.29, 1.82) is 0 Å². The largest absolute Gasteiger partial charge is 0.478 e. The molecule has 0 aliphatic rings. The Hall–Kier alpha value is -1.83. The Balaban J connectivity index is 3.17. The van der Waals surface area contributed by atoms with E-state index in [1.165, 1.54) is 5.32 Å². The summed E-state index contributed by atoms with van der Waals surface area (Å²) in [5, 5.41) is 9.09. The van der Waals surface area contributed by atoms with Gasteiger partial charge in [0.05, 0.1) is 16.3 Å². The molecule has 98 valence electrons. The van der Waals surface area contributed by atoms with E-state index < -0.39 is 40.1 Å². The van der Waals surface area contributed by atoms with Crippen LogP contribution < -0.4 is 5.32 Å². The average Bonchev–Trinajstić information content (AvgIpc) is 2.22. The number of hydrogen-bond acceptors (Lipinski definition) is 2. The third kappa shape index (κ3) is 3.10. The van der Waals surface area contributed by atoms with Gasteiger partial charge in [-0.2, -0.15) is 13.2 Å². The molecule has 0 spiro atoms. The highest BCUT2D eigenvalue weighted by Crippen LogP contribution is 2.26. The van der Waals surface area contributed by atoms with Crippen LogP contribution in [0, 0.1) is 5.82 Å². The zero-order valence-electron chi connectivity index (χ0n) is 8.31. The Kier molecular flexibility index (Phi) is 3.80. The van der Waals surface area contributed by atoms with Gasteiger partial charge in [-0.05, 0) is 12.1 Å². The molecular weight excluding hydrogens is 282 g/mol. The van der Waals surface area contributed by atoms with Crippen LogP contribution in [0.25, 0.3) is 0 Å². The van der Waals surface area contributed by atoms with Crippen molar-refractivity contribution in [3.05, 3.63) is 28.5 Å². The van der Waals surface area contributed by atoms with E-state index in [-0.39, 0.29) is 0 Å². The van der Waals surface area contributed by atoms with Crippen LogP contribution in [0.3, 0.4) is 0 Å². The third-order valence-corrected chi connectivity index (χ3v) is 2.06. The number of amides is 1. The zero-order valence-corrected chi connectivity index (χ0v) is 9.06. The summed E-state index contributed by atoms with van der Waals surface area (Å²) in [5.74, 6) is -5.31. The average molecular weight is 286 g/mol. The summed E-state index contributed by atoms with van der Waals surface area (Å²) < 4.78 is 49.1. The fourth-order valence-corrected chi connectivity index (χ4v) is 1.22. The van der Waals surface area contributed by atoms with Crippen LogP contribution >= 0.6 is 11.6 Å². The van der Waals surface area contributed by atoms with Gasteiger partial charge in [0.2, 0.25) is 0 Å². The number of carboxylic acids is 1. The molecule has 1 aromatic carbocycles. The zero-order chi connectivity index (χ0) is 14.1. The lowest BCUT2D eigenvalue weighted by Crippen LogP contribution is -2.30. The number of carbonyl (C=O) groups is 2. The normalized spacial score (nSPS) is 11.2. The van der Waals surface area contributed by atoms with Crippen molar-refractivity contribution in [3.63, 3.8) is 0 Å². The molecule has 1 aromatic rings. The first-order valence-corrected chi connectivity index (χ1v) is 4.61. The molecule has 1 rings (SSSR count). The predicted molar refractivity (Wildman–Crippen MR) is 53.1 cm³/mol. The molecule has 0 unspecified atom stereocenters. The number of rotatable bonds is 2. The fourth-order valence-electron chi connectivity index (χ4n) is 0.997. The van der Waals surface area contributed by atoms with Gasteiger partial charge in [-0.15, -0.1) is 0 Å². The van der Waals surface area contributed by atoms with Gasteiger partial charge in [0.1, 0.15) is 0 Å². The summed E-state index contributed by atoms with van der Waals surface area (Å²) in [6, 6.07) is 1.25. The molecule has 4 nitrogen and oxygen atoms in total. The van der Waals surface area contributed by atoms with Crippen LogP contribution in [-0.4, -0.2) is 23.2 Å². The standard InChI is InChI=1S/C9H4ClF4NO3/c10-4-1-3(7(16)17)2-5(6(4)11)15-8(18)9(12,13)14/h1-2H,(H,15,18)(H,16,17). The maximum absolute atomic E-state index is 13.3. The molecular formula is C9H4ClF4NO3. The van der Waals surface area contributed by atoms with E-state index in [0.717, 1.165) is 0 Å². The molecule has 0 saturated carbocycles. The topological polar surface area (TPSA) is 66.4 Å². The lowest BCUT2D eigenvalue weighted by atomic mass is 10.2. The molecule has 18 heavy (non-hydrogen) atoms. The monoisotopic (exact) mass is 285 g/mol. The summed E-state index contributed by atoms with van der Waals surface area (Å²) in [7, 11) is 0. The second-order valence-corrected chi connectivity index (χ2v) is 3.48. The van der Waals surface area contributed by atoms with Gasteiger partial charge in [0, 0.05) is 0 Å². The van der Waals surface area contributed by atoms with Gasteiger partial charge >= 0.3 is 18.1 Å². The van der Waals surface area contributed by atoms with Crippen LogP contribution in [0.15, 0.2) is 12.1 Å². The predicted octanol–water partition coefficient (Wildman–Crippen LogP) is 2.68. The molecule has 0 saturated heterocycles. The number of benzene rings is 1. The number of hydrogen-bond donors (Lipinski definition) is 2. The van der Waals surface area contributed by atoms with Gasteiger partial charge in [0.15, 0.2) is 5.82 Å². The first-order valence-electron chi connectivity index (χ1n) is 4.23. The Morgan fingerprint density at radius 3 is 2.28 bits per heavy atom. The maximum atomic E-state index is 13.3. The number of anilines is 1. The molecule has 2 N–H and O–H groups in total. The number of carboxylic acid groups (broad SMARTS) is 1. The maximum Gasteiger partial charge on any atom is 0.471 e. The Bertz CT molecular complexity index is 515. The Labute approximate surface area is 102 Å². The van der Waals surface area contributed by atoms with E-state index in [2.05, 4.69) is 0 Å². The molecule has 0 heterocycles. The van der Waals surface area contributed by atoms with Gasteiger partial charge in [-0.3, -0.25) is 4.79 Å². The van der Waals surface area contributed by atoms with Crippen LogP contribution in [0.4, 0.5) is 23.2 Å². The highest BCUT2D eigenvalue weighted by Gasteiger charge is 2.39. The quantitative estimate of drug-likeness (QED) is 0.821. The lowest BCUT2D eigenvalue weighted by molar-refractivity contribution is -0.167. The van der Waals surface area contributed by atoms with Crippen molar-refractivity contribution in [2.75, 3.05) is 5.32 Å². The first kappa shape index (κ1) is 14.2. The van der Waals surface area contributed by atoms with Crippen LogP contribution in [0.1, 0.15) is 10.4 Å². The second-order valence-electron chi connectivity index (χ2n) is 3.08. The molecule has 1 amide bonds. The molecule has 0 aliphatic carbocycles. The number of aromatic carboxylic acids is 1. The smallest absolute Gasteiger partial charge is 0.471 e. The minimum absolute atomic E-state index is 0.535. The summed E-state index contributed by atoms with van der Waals surface area (Å²) >= 11 is 5.29. The van der Waals surface area contributed by atoms with Crippen LogP contribution in [-0.2, 0) is 4.79 Å². The minimum Gasteiger partial charge on any atom is -0.478 e. The van der Waals surface area contributed by atoms with Gasteiger partial charge in [-0.1, -0.05) is 11.6 Å². The Morgan fingerprint density at radius 1 is 1.28 bits per heavy atom. The van der Waals surface area contributed by atoms with Crippen molar-refractivity contribution >= 4 is 29.2 Å². The van der Waals surface area contributed by atoms with Crippen LogP contribution in [0.2, 0.25) is 5.02 Å². The van der Waals surface area contributed by atoms with Gasteiger partial charge in [-0.25, -0.2) is 9.18 Å². The second kappa shape index (κ2) is 4.81. The van der Waals surface area contributed by atoms with Crippen molar-refractivity contribution in [3.8, 4) is 0 Å². The van der Waals surface area contributed by atoms with Crippen molar-refractivity contribution in [2.45, 2.75) is 6.18 Å². The third-order valence-electron chi connectivity index (χ3n) is 1.78. The summed E-state index contributed by atoms with van der Waals surface area (Å²) in [6.07, 6.45) is -5.22. The van der Waals surface area contributed by atoms with Crippen molar-refractivity contribution in [1.82, 2.24) is 0 Å². The summed E-state index contributed by atoms with van der Waals surface area (Å²) in [6.45, 7) is 0. The molecule has 0 bridgehead atoms. The van der Waals surface area contributed by atoms with Crippen molar-refractivity contribution in [2.24, 2.45) is 0 Å². The van der Waals surface area contributed by atoms with Crippen LogP contribution in [0.5, 0.6) is 0 Å². The summed E-state index contributed by atoms with van der Waals surface area (Å²) in [5.41, 5.74) is -1.51. The number of nitrogens with one attached hydrogen (secondary N) is 1. The van der Waals surface area contributed by atoms with Gasteiger partial charge in [0.25, 0.3) is 0 Å². The van der Waals surface area contributed by atoms with E-state index >= 15 is 0 Å². The molecule has 9 heteroatoms. The van der Waals surface area contributed by atoms with E-state index in [1.54, 1.807) is 0 Å². The van der Waals surface area contributed by atoms with E-state index in [0.29, 0.717) is 12.1 Å². The van der Waals surface area contributed by atoms with E-state index in [4.69, 9.17) is 16.7 Å². The molecule has 0 aliphatic heterocycles. The van der Waals surface area contributed by atoms with Gasteiger partial charge < -0.3 is 10.4 Å². The SMILES string of the molecule is O=C(O)c1cc(Cl)c(F)c(NC(=O)C(F)(F)F)c1. The highest BCUT2D eigenvalue weighted by molar-refractivity contribution is 6.31. The molecule has 0 fully saturated rings. The molecule has 0 radical (unpaired) electrons. The molecule has 0 atom stereocenters. The number of carbonyl (C=O) groups excluding carboxylic acids is 1. The van der Waals surface area contributed by atoms with Crippen molar-refractivity contribution < 1.29 is 32.3 Å². The highest BCUT2D eigenvalue weighted by atomic mass is 35.5. The number of alkyl halides is 3. The van der Waals surface area contributed by atoms with E-state index in [1.807, 2.05) is 0 Å². The fraction of sp³-hybridized carbons (Fsp3) is 0.111. The molecule has 0 aromatic heterocycles.